The second-order valence-corrected chi connectivity index (χ2v) is 9.83. The van der Waals surface area contributed by atoms with E-state index in [1.165, 1.54) is 11.3 Å². The number of hydrogen-bond donors (Lipinski definition) is 0. The van der Waals surface area contributed by atoms with E-state index in [4.69, 9.17) is 19.3 Å². The Morgan fingerprint density at radius 1 is 1.07 bits per heavy atom. The van der Waals surface area contributed by atoms with Crippen molar-refractivity contribution >= 4 is 5.71 Å². The highest BCUT2D eigenvalue weighted by Crippen LogP contribution is 2.58. The largest absolute Gasteiger partial charge is 0.497 e. The smallest absolute Gasteiger partial charge is 0.170 e. The minimum Gasteiger partial charge on any atom is -0.497 e. The van der Waals surface area contributed by atoms with Gasteiger partial charge in [0.25, 0.3) is 0 Å². The molecule has 0 radical (unpaired) electrons. The van der Waals surface area contributed by atoms with Gasteiger partial charge in [0.15, 0.2) is 5.76 Å². The summed E-state index contributed by atoms with van der Waals surface area (Å²) < 4.78 is 11.3. The van der Waals surface area contributed by atoms with Crippen molar-refractivity contribution in [3.8, 4) is 17.1 Å². The van der Waals surface area contributed by atoms with Crippen LogP contribution in [0, 0.1) is 17.8 Å². The first-order valence-electron chi connectivity index (χ1n) is 11.3. The van der Waals surface area contributed by atoms with Crippen LogP contribution in [0.25, 0.3) is 11.3 Å². The molecule has 2 atom stereocenters. The Labute approximate surface area is 178 Å². The molecule has 0 unspecified atom stereocenters. The van der Waals surface area contributed by atoms with Crippen molar-refractivity contribution < 1.29 is 14.1 Å². The van der Waals surface area contributed by atoms with Crippen LogP contribution >= 0.6 is 0 Å². The molecule has 2 heterocycles. The highest BCUT2D eigenvalue weighted by Gasteiger charge is 2.63. The van der Waals surface area contributed by atoms with Crippen LogP contribution in [0.5, 0.6) is 5.75 Å². The molecular weight excluding hydrogens is 376 g/mol. The van der Waals surface area contributed by atoms with Crippen molar-refractivity contribution in [2.75, 3.05) is 7.11 Å². The van der Waals surface area contributed by atoms with Gasteiger partial charge >= 0.3 is 0 Å². The molecule has 5 nitrogen and oxygen atoms in total. The van der Waals surface area contributed by atoms with Gasteiger partial charge < -0.3 is 14.1 Å². The fourth-order valence-corrected chi connectivity index (χ4v) is 6.52. The van der Waals surface area contributed by atoms with Gasteiger partial charge in [-0.25, -0.2) is 0 Å². The molecule has 5 heteroatoms. The number of aromatic nitrogens is 1. The van der Waals surface area contributed by atoms with Crippen molar-refractivity contribution in [1.82, 2.24) is 5.16 Å². The van der Waals surface area contributed by atoms with E-state index in [1.54, 1.807) is 7.11 Å². The second-order valence-electron chi connectivity index (χ2n) is 9.83. The minimum atomic E-state index is -0.209. The molecule has 3 aliphatic rings. The van der Waals surface area contributed by atoms with Gasteiger partial charge in [0.2, 0.25) is 0 Å². The minimum absolute atomic E-state index is 0.127. The Kier molecular flexibility index (Phi) is 4.49. The van der Waals surface area contributed by atoms with Gasteiger partial charge in [0, 0.05) is 17.0 Å². The third-order valence-corrected chi connectivity index (χ3v) is 7.96. The maximum absolute atomic E-state index is 6.31. The van der Waals surface area contributed by atoms with Crippen molar-refractivity contribution in [1.29, 1.82) is 0 Å². The number of rotatable bonds is 4. The molecule has 1 aromatic heterocycles. The molecule has 1 spiro atoms. The average Bonchev–Trinajstić information content (AvgIpc) is 3.43. The molecule has 2 aromatic rings. The van der Waals surface area contributed by atoms with E-state index in [-0.39, 0.29) is 11.0 Å². The number of nitrogens with zero attached hydrogens (tertiary/aromatic N) is 2. The summed E-state index contributed by atoms with van der Waals surface area (Å²) in [5.74, 6) is 2.93. The van der Waals surface area contributed by atoms with E-state index < -0.39 is 0 Å². The Morgan fingerprint density at radius 2 is 1.80 bits per heavy atom. The maximum atomic E-state index is 6.31. The molecule has 0 bridgehead atoms. The zero-order valence-electron chi connectivity index (χ0n) is 18.7. The van der Waals surface area contributed by atoms with Crippen LogP contribution in [-0.2, 0) is 16.7 Å². The highest BCUT2D eigenvalue weighted by molar-refractivity contribution is 6.00. The standard InChI is InChI=1S/C25H32N2O3/c1-15(2)25(16(3)4)20-12-14-24(23(20)27-30-25)13-6-7-19-21(29-26-22(19)24)17-8-10-18(28-5)11-9-17/h8-11,15-16,20H,6-7,12-14H2,1-5H3/t20-,24-/m1/s1. The van der Waals surface area contributed by atoms with Gasteiger partial charge in [-0.2, -0.15) is 0 Å². The van der Waals surface area contributed by atoms with Gasteiger partial charge in [-0.15, -0.1) is 0 Å². The fraction of sp³-hybridized carbons (Fsp3) is 0.600. The van der Waals surface area contributed by atoms with E-state index in [9.17, 15) is 0 Å². The Balaban J connectivity index is 1.55. The summed E-state index contributed by atoms with van der Waals surface area (Å²) in [6.07, 6.45) is 5.40. The van der Waals surface area contributed by atoms with Crippen molar-refractivity contribution in [2.24, 2.45) is 22.9 Å². The lowest BCUT2D eigenvalue weighted by molar-refractivity contribution is -0.113. The fourth-order valence-electron chi connectivity index (χ4n) is 6.52. The summed E-state index contributed by atoms with van der Waals surface area (Å²) in [4.78, 5) is 6.31. The Hall–Kier alpha value is -2.30. The van der Waals surface area contributed by atoms with E-state index in [0.717, 1.165) is 54.9 Å². The molecule has 0 saturated heterocycles. The molecule has 30 heavy (non-hydrogen) atoms. The monoisotopic (exact) mass is 408 g/mol. The van der Waals surface area contributed by atoms with Crippen LogP contribution in [0.15, 0.2) is 33.9 Å². The zero-order chi connectivity index (χ0) is 21.1. The number of fused-ring (bicyclic) bond motifs is 4. The highest BCUT2D eigenvalue weighted by atomic mass is 16.7. The van der Waals surface area contributed by atoms with Crippen LogP contribution in [0.4, 0.5) is 0 Å². The predicted molar refractivity (Wildman–Crippen MR) is 117 cm³/mol. The normalized spacial score (nSPS) is 26.6. The van der Waals surface area contributed by atoms with E-state index in [1.807, 2.05) is 12.1 Å². The van der Waals surface area contributed by atoms with Crippen molar-refractivity contribution in [3.05, 3.63) is 35.5 Å². The lowest BCUT2D eigenvalue weighted by Gasteiger charge is -2.39. The maximum Gasteiger partial charge on any atom is 0.170 e. The van der Waals surface area contributed by atoms with Crippen LogP contribution in [0.1, 0.15) is 64.6 Å². The summed E-state index contributed by atoms with van der Waals surface area (Å²) in [6.45, 7) is 9.09. The first-order valence-corrected chi connectivity index (χ1v) is 11.3. The van der Waals surface area contributed by atoms with Crippen LogP contribution in [0.2, 0.25) is 0 Å². The molecule has 1 aromatic carbocycles. The molecule has 2 aliphatic carbocycles. The Morgan fingerprint density at radius 3 is 2.47 bits per heavy atom. The van der Waals surface area contributed by atoms with Gasteiger partial charge in [0.05, 0.1) is 23.9 Å². The van der Waals surface area contributed by atoms with Crippen LogP contribution in [-0.4, -0.2) is 23.6 Å². The first kappa shape index (κ1) is 19.7. The number of hydrogen-bond acceptors (Lipinski definition) is 5. The molecule has 1 saturated carbocycles. The third-order valence-electron chi connectivity index (χ3n) is 7.96. The lowest BCUT2D eigenvalue weighted by atomic mass is 9.66. The number of benzene rings is 1. The number of ether oxygens (including phenoxy) is 1. The van der Waals surface area contributed by atoms with Gasteiger partial charge in [0.1, 0.15) is 11.4 Å². The van der Waals surface area contributed by atoms with Crippen molar-refractivity contribution in [2.45, 2.75) is 70.8 Å². The summed E-state index contributed by atoms with van der Waals surface area (Å²) in [7, 11) is 1.68. The average molecular weight is 409 g/mol. The van der Waals surface area contributed by atoms with E-state index in [2.05, 4.69) is 45.0 Å². The van der Waals surface area contributed by atoms with Crippen LogP contribution in [0.3, 0.4) is 0 Å². The van der Waals surface area contributed by atoms with Crippen LogP contribution < -0.4 is 4.74 Å². The predicted octanol–water partition coefficient (Wildman–Crippen LogP) is 5.77. The quantitative estimate of drug-likeness (QED) is 0.644. The first-order chi connectivity index (χ1) is 14.4. The molecule has 0 amide bonds. The molecule has 5 rings (SSSR count). The number of methoxy groups -OCH3 is 1. The SMILES string of the molecule is COc1ccc(-c2onc3c2CCC[C@@]32CC[C@@H]3C2=NOC3(C(C)C)C(C)C)cc1. The molecular formula is C25H32N2O3. The summed E-state index contributed by atoms with van der Waals surface area (Å²) in [5, 5.41) is 9.46. The lowest BCUT2D eigenvalue weighted by Crippen LogP contribution is -2.48. The zero-order valence-corrected chi connectivity index (χ0v) is 18.7. The third kappa shape index (κ3) is 2.47. The van der Waals surface area contributed by atoms with E-state index in [0.29, 0.717) is 17.8 Å². The summed E-state index contributed by atoms with van der Waals surface area (Å²) in [5.41, 5.74) is 4.30. The van der Waals surface area contributed by atoms with Crippen molar-refractivity contribution in [3.63, 3.8) is 0 Å². The second kappa shape index (κ2) is 6.86. The number of oxime groups is 1. The van der Waals surface area contributed by atoms with Gasteiger partial charge in [-0.3, -0.25) is 0 Å². The topological polar surface area (TPSA) is 56.9 Å². The van der Waals surface area contributed by atoms with Gasteiger partial charge in [-0.1, -0.05) is 38.0 Å². The van der Waals surface area contributed by atoms with Gasteiger partial charge in [-0.05, 0) is 68.2 Å². The summed E-state index contributed by atoms with van der Waals surface area (Å²) in [6, 6.07) is 8.06. The molecule has 0 N–H and O–H groups in total. The van der Waals surface area contributed by atoms with E-state index >= 15 is 0 Å². The Bertz CT molecular complexity index is 965. The summed E-state index contributed by atoms with van der Waals surface area (Å²) >= 11 is 0. The molecule has 1 fully saturated rings. The molecule has 160 valence electrons. The molecule has 1 aliphatic heterocycles.